The van der Waals surface area contributed by atoms with E-state index in [2.05, 4.69) is 11.9 Å². The first-order valence-electron chi connectivity index (χ1n) is 8.77. The van der Waals surface area contributed by atoms with Gasteiger partial charge in [-0.3, -0.25) is 9.59 Å². The number of ether oxygens (including phenoxy) is 1. The molecule has 0 saturated carbocycles. The number of carbonyl (C=O) groups excluding carboxylic acids is 2. The van der Waals surface area contributed by atoms with Crippen LogP contribution < -0.4 is 15.8 Å². The first kappa shape index (κ1) is 22.0. The monoisotopic (exact) mass is 381 g/mol. The third-order valence-electron chi connectivity index (χ3n) is 4.26. The Hall–Kier alpha value is -2.05. The Morgan fingerprint density at radius 2 is 2.04 bits per heavy atom. The summed E-state index contributed by atoms with van der Waals surface area (Å²) in [6.07, 6.45) is 4.94. The summed E-state index contributed by atoms with van der Waals surface area (Å²) in [7, 11) is 0. The Morgan fingerprint density at radius 3 is 2.69 bits per heavy atom. The predicted octanol–water partition coefficient (Wildman–Crippen LogP) is 2.13. The van der Waals surface area contributed by atoms with Crippen molar-refractivity contribution in [1.29, 1.82) is 0 Å². The zero-order chi connectivity index (χ0) is 18.1. The molecule has 1 fully saturated rings. The molecule has 1 atom stereocenters. The quantitative estimate of drug-likeness (QED) is 0.675. The highest BCUT2D eigenvalue weighted by atomic mass is 35.5. The van der Waals surface area contributed by atoms with Crippen LogP contribution in [0.3, 0.4) is 0 Å². The average Bonchev–Trinajstić information content (AvgIpc) is 2.65. The van der Waals surface area contributed by atoms with Crippen molar-refractivity contribution in [2.24, 2.45) is 5.73 Å². The summed E-state index contributed by atoms with van der Waals surface area (Å²) in [4.78, 5) is 26.3. The smallest absolute Gasteiger partial charge is 0.254 e. The van der Waals surface area contributed by atoms with Crippen LogP contribution in [0.25, 0.3) is 0 Å². The summed E-state index contributed by atoms with van der Waals surface area (Å²) in [5.74, 6) is 0.637. The van der Waals surface area contributed by atoms with E-state index in [-0.39, 0.29) is 30.3 Å². The minimum atomic E-state index is -0.0656. The lowest BCUT2D eigenvalue weighted by Crippen LogP contribution is -2.49. The highest BCUT2D eigenvalue weighted by molar-refractivity contribution is 5.94. The topological polar surface area (TPSA) is 84.7 Å². The molecule has 0 bridgehead atoms. The Kier molecular flexibility index (Phi) is 9.76. The molecule has 6 nitrogen and oxygen atoms in total. The molecule has 0 spiro atoms. The van der Waals surface area contributed by atoms with Crippen LogP contribution >= 0.6 is 12.4 Å². The van der Waals surface area contributed by atoms with Crippen LogP contribution in [0, 0.1) is 0 Å². The van der Waals surface area contributed by atoms with Crippen molar-refractivity contribution in [3.63, 3.8) is 0 Å². The maximum atomic E-state index is 12.8. The van der Waals surface area contributed by atoms with E-state index in [0.717, 1.165) is 19.3 Å². The lowest BCUT2D eigenvalue weighted by atomic mass is 10.0. The number of carbonyl (C=O) groups is 2. The summed E-state index contributed by atoms with van der Waals surface area (Å²) >= 11 is 0. The van der Waals surface area contributed by atoms with Crippen molar-refractivity contribution in [2.45, 2.75) is 31.7 Å². The molecule has 1 heterocycles. The SMILES string of the molecule is C=CCOc1ccc(C(=O)N2CCCCC2CNC(=O)CCN)cc1.Cl. The van der Waals surface area contributed by atoms with Gasteiger partial charge >= 0.3 is 0 Å². The van der Waals surface area contributed by atoms with Gasteiger partial charge in [-0.25, -0.2) is 0 Å². The van der Waals surface area contributed by atoms with Gasteiger partial charge in [0, 0.05) is 37.7 Å². The van der Waals surface area contributed by atoms with E-state index in [4.69, 9.17) is 10.5 Å². The summed E-state index contributed by atoms with van der Waals surface area (Å²) in [5.41, 5.74) is 6.02. The number of hydrogen-bond acceptors (Lipinski definition) is 4. The second-order valence-corrected chi connectivity index (χ2v) is 6.11. The van der Waals surface area contributed by atoms with Gasteiger partial charge in [-0.2, -0.15) is 0 Å². The molecule has 0 radical (unpaired) electrons. The zero-order valence-corrected chi connectivity index (χ0v) is 15.8. The van der Waals surface area contributed by atoms with Gasteiger partial charge in [-0.05, 0) is 43.5 Å². The molecule has 0 aliphatic carbocycles. The molecular weight excluding hydrogens is 354 g/mol. The summed E-state index contributed by atoms with van der Waals surface area (Å²) in [6, 6.07) is 7.16. The van der Waals surface area contributed by atoms with Crippen LogP contribution in [-0.4, -0.2) is 49.0 Å². The van der Waals surface area contributed by atoms with Crippen molar-refractivity contribution in [3.8, 4) is 5.75 Å². The normalized spacial score (nSPS) is 16.3. The average molecular weight is 382 g/mol. The molecule has 0 aromatic heterocycles. The lowest BCUT2D eigenvalue weighted by Gasteiger charge is -2.36. The third-order valence-corrected chi connectivity index (χ3v) is 4.26. The van der Waals surface area contributed by atoms with Crippen molar-refractivity contribution in [1.82, 2.24) is 10.2 Å². The van der Waals surface area contributed by atoms with E-state index >= 15 is 0 Å². The highest BCUT2D eigenvalue weighted by Gasteiger charge is 2.27. The largest absolute Gasteiger partial charge is 0.490 e. The predicted molar refractivity (Wildman–Crippen MR) is 105 cm³/mol. The first-order chi connectivity index (χ1) is 12.2. The van der Waals surface area contributed by atoms with Gasteiger partial charge in [0.15, 0.2) is 0 Å². The second kappa shape index (κ2) is 11.5. The van der Waals surface area contributed by atoms with E-state index in [1.165, 1.54) is 0 Å². The molecule has 1 aromatic carbocycles. The minimum absolute atomic E-state index is 0. The Morgan fingerprint density at radius 1 is 1.31 bits per heavy atom. The standard InChI is InChI=1S/C19H27N3O3.ClH/c1-2-13-25-17-8-6-15(7-9-17)19(24)22-12-4-3-5-16(22)14-21-18(23)10-11-20;/h2,6-9,16H,1,3-5,10-14,20H2,(H,21,23);1H. The molecule has 1 unspecified atom stereocenters. The van der Waals surface area contributed by atoms with E-state index < -0.39 is 0 Å². The number of nitrogens with zero attached hydrogens (tertiary/aromatic N) is 1. The van der Waals surface area contributed by atoms with Gasteiger partial charge < -0.3 is 20.7 Å². The van der Waals surface area contributed by atoms with Crippen molar-refractivity contribution in [3.05, 3.63) is 42.5 Å². The van der Waals surface area contributed by atoms with Crippen LogP contribution in [0.4, 0.5) is 0 Å². The number of likely N-dealkylation sites (tertiary alicyclic amines) is 1. The fraction of sp³-hybridized carbons (Fsp3) is 0.474. The number of hydrogen-bond donors (Lipinski definition) is 2. The van der Waals surface area contributed by atoms with Gasteiger partial charge in [0.05, 0.1) is 0 Å². The molecule has 2 amide bonds. The van der Waals surface area contributed by atoms with Crippen molar-refractivity contribution in [2.75, 3.05) is 26.2 Å². The molecule has 1 aliphatic rings. The van der Waals surface area contributed by atoms with Crippen LogP contribution in [0.5, 0.6) is 5.75 Å². The molecule has 1 saturated heterocycles. The van der Waals surface area contributed by atoms with Crippen molar-refractivity contribution < 1.29 is 14.3 Å². The van der Waals surface area contributed by atoms with Crippen molar-refractivity contribution >= 4 is 24.2 Å². The molecule has 1 aliphatic heterocycles. The molecule has 7 heteroatoms. The summed E-state index contributed by atoms with van der Waals surface area (Å²) in [5, 5.41) is 2.88. The van der Waals surface area contributed by atoms with Crippen LogP contribution in [0.1, 0.15) is 36.0 Å². The molecular formula is C19H28ClN3O3. The number of nitrogens with one attached hydrogen (secondary N) is 1. The minimum Gasteiger partial charge on any atom is -0.490 e. The molecule has 144 valence electrons. The third kappa shape index (κ3) is 6.35. The molecule has 26 heavy (non-hydrogen) atoms. The Bertz CT molecular complexity index is 592. The first-order valence-corrected chi connectivity index (χ1v) is 8.77. The maximum absolute atomic E-state index is 12.8. The van der Waals surface area contributed by atoms with E-state index in [9.17, 15) is 9.59 Å². The van der Waals surface area contributed by atoms with Gasteiger partial charge in [0.2, 0.25) is 5.91 Å². The van der Waals surface area contributed by atoms with Crippen LogP contribution in [0.2, 0.25) is 0 Å². The zero-order valence-electron chi connectivity index (χ0n) is 15.0. The van der Waals surface area contributed by atoms with Crippen LogP contribution in [0.15, 0.2) is 36.9 Å². The highest BCUT2D eigenvalue weighted by Crippen LogP contribution is 2.21. The number of nitrogens with two attached hydrogens (primary N) is 1. The van der Waals surface area contributed by atoms with Gasteiger partial charge in [0.1, 0.15) is 12.4 Å². The number of halogens is 1. The molecule has 2 rings (SSSR count). The number of amides is 2. The Labute approximate surface area is 161 Å². The van der Waals surface area contributed by atoms with Gasteiger partial charge in [-0.15, -0.1) is 12.4 Å². The summed E-state index contributed by atoms with van der Waals surface area (Å²) < 4.78 is 5.44. The number of rotatable bonds is 8. The number of benzene rings is 1. The van der Waals surface area contributed by atoms with E-state index in [1.54, 1.807) is 30.3 Å². The van der Waals surface area contributed by atoms with E-state index in [1.807, 2.05) is 4.90 Å². The second-order valence-electron chi connectivity index (χ2n) is 6.11. The Balaban J connectivity index is 0.00000338. The summed E-state index contributed by atoms with van der Waals surface area (Å²) in [6.45, 7) is 5.57. The molecule has 1 aromatic rings. The van der Waals surface area contributed by atoms with Crippen LogP contribution in [-0.2, 0) is 4.79 Å². The maximum Gasteiger partial charge on any atom is 0.254 e. The molecule has 3 N–H and O–H groups in total. The van der Waals surface area contributed by atoms with E-state index in [0.29, 0.717) is 44.0 Å². The fourth-order valence-corrected chi connectivity index (χ4v) is 2.95. The number of piperidine rings is 1. The van der Waals surface area contributed by atoms with Gasteiger partial charge in [0.25, 0.3) is 5.91 Å². The van der Waals surface area contributed by atoms with Gasteiger partial charge in [-0.1, -0.05) is 12.7 Å². The lowest BCUT2D eigenvalue weighted by molar-refractivity contribution is -0.121. The fourth-order valence-electron chi connectivity index (χ4n) is 2.95.